The molecule has 304 valence electrons. The van der Waals surface area contributed by atoms with E-state index >= 15 is 0 Å². The van der Waals surface area contributed by atoms with Crippen LogP contribution in [-0.4, -0.2) is 94.6 Å². The minimum Gasteiger partial charge on any atom is -0.480 e. The predicted molar refractivity (Wildman–Crippen MR) is 205 cm³/mol. The number of fused-ring (bicyclic) bond motifs is 1. The molecule has 1 atom stereocenters. The number of hydrogen-bond acceptors (Lipinski definition) is 13. The predicted octanol–water partition coefficient (Wildman–Crippen LogP) is 5.86. The smallest absolute Gasteiger partial charge is 0.434 e. The number of carbonyl (C=O) groups excluding carboxylic acids is 3. The zero-order valence-corrected chi connectivity index (χ0v) is 32.3. The summed E-state index contributed by atoms with van der Waals surface area (Å²) in [5.41, 5.74) is 2.44. The van der Waals surface area contributed by atoms with E-state index in [9.17, 15) is 32.5 Å². The van der Waals surface area contributed by atoms with Crippen LogP contribution in [0.2, 0.25) is 0 Å². The number of carbonyl (C=O) groups is 3. The van der Waals surface area contributed by atoms with Crippen molar-refractivity contribution in [3.63, 3.8) is 0 Å². The summed E-state index contributed by atoms with van der Waals surface area (Å²) in [5.74, 6) is -0.312. The lowest BCUT2D eigenvalue weighted by Gasteiger charge is -2.25. The molecule has 1 N–H and O–H groups in total. The SMILES string of the molecule is COc1ncnc(C2CC2)c1-c1ncnc(N(CCNc2cccc3c2C(=O)N(C2CCC(=O)[N+](=O)C2)C3=O)Cc2ccc(-c3nc(C(F)(F)F)cn3C(C)C)cc2)n1. The molecule has 3 amide bonds. The van der Waals surface area contributed by atoms with Crippen LogP contribution in [-0.2, 0) is 17.5 Å². The minimum atomic E-state index is -4.60. The Labute approximate surface area is 335 Å². The Bertz CT molecular complexity index is 2470. The van der Waals surface area contributed by atoms with Crippen molar-refractivity contribution in [2.75, 3.05) is 37.0 Å². The van der Waals surface area contributed by atoms with Gasteiger partial charge in [0.05, 0.1) is 35.1 Å². The Morgan fingerprint density at radius 1 is 0.949 bits per heavy atom. The molecule has 16 nitrogen and oxygen atoms in total. The van der Waals surface area contributed by atoms with Crippen LogP contribution in [0.15, 0.2) is 61.3 Å². The van der Waals surface area contributed by atoms with Crippen molar-refractivity contribution in [3.8, 4) is 28.7 Å². The average Bonchev–Trinajstić information content (AvgIpc) is 3.91. The Morgan fingerprint density at radius 3 is 2.41 bits per heavy atom. The number of aromatic nitrogens is 7. The summed E-state index contributed by atoms with van der Waals surface area (Å²) < 4.78 is 48.3. The van der Waals surface area contributed by atoms with Crippen molar-refractivity contribution in [2.24, 2.45) is 0 Å². The number of imidazole rings is 1. The van der Waals surface area contributed by atoms with Gasteiger partial charge in [-0.15, -0.1) is 0 Å². The number of alkyl halides is 3. The number of nitroso groups, excluding NO2 is 1. The molecule has 59 heavy (non-hydrogen) atoms. The van der Waals surface area contributed by atoms with Crippen molar-refractivity contribution >= 4 is 29.4 Å². The standard InChI is InChI=1S/C40H38F3N11O5/c1-22(2)52-19-29(40(41,42)43)49-35(52)25-9-7-23(8-10-25)17-51(39-48-21-46-34(50-39)32-33(24-11-12-24)45-20-47-36(32)59-3)16-15-44-28-6-4-5-27-31(28)38(57)54(37(27)56)26-13-14-30(55)53(58)18-26/h4-10,19-22,24,26H,11-18H2,1-3H3/p+1. The number of nitrogens with one attached hydrogen (secondary N) is 1. The highest BCUT2D eigenvalue weighted by Crippen LogP contribution is 2.45. The summed E-state index contributed by atoms with van der Waals surface area (Å²) >= 11 is 0. The van der Waals surface area contributed by atoms with Crippen LogP contribution in [0, 0.1) is 4.91 Å². The van der Waals surface area contributed by atoms with Gasteiger partial charge in [-0.05, 0) is 50.8 Å². The summed E-state index contributed by atoms with van der Waals surface area (Å²) in [4.78, 5) is 80.7. The zero-order valence-electron chi connectivity index (χ0n) is 32.3. The fourth-order valence-corrected chi connectivity index (χ4v) is 7.46. The summed E-state index contributed by atoms with van der Waals surface area (Å²) in [6.07, 6.45) is 1.32. The number of amides is 3. The van der Waals surface area contributed by atoms with Gasteiger partial charge in [0.2, 0.25) is 18.4 Å². The maximum atomic E-state index is 13.8. The van der Waals surface area contributed by atoms with Crippen LogP contribution in [0.25, 0.3) is 22.8 Å². The first-order valence-electron chi connectivity index (χ1n) is 19.1. The lowest BCUT2D eigenvalue weighted by atomic mass is 10.1. The molecule has 2 fully saturated rings. The number of anilines is 2. The van der Waals surface area contributed by atoms with Gasteiger partial charge in [0.15, 0.2) is 11.5 Å². The minimum absolute atomic E-state index is 0.0582. The fraction of sp³-hybridized carbons (Fsp3) is 0.375. The molecule has 1 aliphatic carbocycles. The number of methoxy groups -OCH3 is 1. The molecule has 2 aromatic carbocycles. The van der Waals surface area contributed by atoms with E-state index in [-0.39, 0.29) is 67.9 Å². The molecule has 5 heterocycles. The first-order chi connectivity index (χ1) is 28.3. The number of benzene rings is 2. The molecule has 2 aliphatic heterocycles. The van der Waals surface area contributed by atoms with Crippen LogP contribution in [0.5, 0.6) is 5.88 Å². The molecule has 5 aromatic rings. The number of rotatable bonds is 13. The molecule has 3 aromatic heterocycles. The molecule has 0 spiro atoms. The Hall–Kier alpha value is -6.66. The normalized spacial score (nSPS) is 16.9. The molecule has 8 rings (SSSR count). The van der Waals surface area contributed by atoms with Gasteiger partial charge in [0.25, 0.3) is 11.8 Å². The van der Waals surface area contributed by atoms with E-state index in [1.54, 1.807) is 56.3 Å². The Morgan fingerprint density at radius 2 is 1.71 bits per heavy atom. The van der Waals surface area contributed by atoms with Crippen molar-refractivity contribution in [1.82, 2.24) is 39.4 Å². The van der Waals surface area contributed by atoms with Gasteiger partial charge in [0.1, 0.15) is 30.1 Å². The number of halogens is 3. The van der Waals surface area contributed by atoms with E-state index < -0.39 is 35.6 Å². The molecule has 0 bridgehead atoms. The van der Waals surface area contributed by atoms with Gasteiger partial charge in [0, 0.05) is 53.9 Å². The van der Waals surface area contributed by atoms with Crippen molar-refractivity contribution in [3.05, 3.63) is 94.3 Å². The zero-order chi connectivity index (χ0) is 41.6. The highest BCUT2D eigenvalue weighted by Gasteiger charge is 2.47. The van der Waals surface area contributed by atoms with E-state index in [2.05, 4.69) is 30.2 Å². The molecule has 19 heteroatoms. The third-order valence-electron chi connectivity index (χ3n) is 10.6. The van der Waals surface area contributed by atoms with Crippen LogP contribution in [0.4, 0.5) is 24.8 Å². The third-order valence-corrected chi connectivity index (χ3v) is 10.6. The molecule has 1 unspecified atom stereocenters. The Balaban J connectivity index is 1.08. The highest BCUT2D eigenvalue weighted by molar-refractivity contribution is 6.24. The summed E-state index contributed by atoms with van der Waals surface area (Å²) in [7, 11) is 1.51. The van der Waals surface area contributed by atoms with Gasteiger partial charge in [-0.3, -0.25) is 14.5 Å². The van der Waals surface area contributed by atoms with Gasteiger partial charge in [-0.1, -0.05) is 30.3 Å². The monoisotopic (exact) mass is 810 g/mol. The average molecular weight is 811 g/mol. The second-order valence-corrected chi connectivity index (χ2v) is 14.9. The maximum Gasteiger partial charge on any atom is 0.434 e. The highest BCUT2D eigenvalue weighted by atomic mass is 19.4. The lowest BCUT2D eigenvalue weighted by Crippen LogP contribution is -2.48. The van der Waals surface area contributed by atoms with Gasteiger partial charge < -0.3 is 19.5 Å². The fourth-order valence-electron chi connectivity index (χ4n) is 7.46. The van der Waals surface area contributed by atoms with Crippen molar-refractivity contribution < 1.29 is 37.1 Å². The molecular weight excluding hydrogens is 772 g/mol. The number of imide groups is 1. The molecule has 0 radical (unpaired) electrons. The largest absolute Gasteiger partial charge is 0.480 e. The number of nitrogens with zero attached hydrogens (tertiary/aromatic N) is 10. The van der Waals surface area contributed by atoms with Gasteiger partial charge in [-0.2, -0.15) is 18.2 Å². The number of piperidine rings is 1. The van der Waals surface area contributed by atoms with Crippen LogP contribution in [0.1, 0.15) is 89.2 Å². The first-order valence-corrected chi connectivity index (χ1v) is 19.1. The molecular formula is C40H39F3N11O5+. The Kier molecular flexibility index (Phi) is 10.4. The van der Waals surface area contributed by atoms with E-state index in [0.717, 1.165) is 35.2 Å². The van der Waals surface area contributed by atoms with E-state index in [0.29, 0.717) is 39.2 Å². The molecule has 1 saturated carbocycles. The van der Waals surface area contributed by atoms with Crippen LogP contribution < -0.4 is 15.0 Å². The van der Waals surface area contributed by atoms with E-state index in [4.69, 9.17) is 9.72 Å². The second-order valence-electron chi connectivity index (χ2n) is 14.9. The van der Waals surface area contributed by atoms with Crippen molar-refractivity contribution in [1.29, 1.82) is 0 Å². The summed E-state index contributed by atoms with van der Waals surface area (Å²) in [6.45, 7) is 4.04. The van der Waals surface area contributed by atoms with Crippen LogP contribution >= 0.6 is 0 Å². The molecule has 3 aliphatic rings. The quantitative estimate of drug-likeness (QED) is 0.110. The molecule has 1 saturated heterocycles. The van der Waals surface area contributed by atoms with Gasteiger partial charge >= 0.3 is 12.1 Å². The topological polar surface area (TPSA) is 181 Å². The van der Waals surface area contributed by atoms with Crippen LogP contribution in [0.3, 0.4) is 0 Å². The first kappa shape index (κ1) is 39.2. The number of hydrogen-bond donors (Lipinski definition) is 1. The second kappa shape index (κ2) is 15.6. The third kappa shape index (κ3) is 7.71. The lowest BCUT2D eigenvalue weighted by molar-refractivity contribution is -0.481. The van der Waals surface area contributed by atoms with Crippen molar-refractivity contribution in [2.45, 2.75) is 70.3 Å². The maximum absolute atomic E-state index is 13.8. The van der Waals surface area contributed by atoms with E-state index in [1.807, 2.05) is 4.90 Å². The number of ether oxygens (including phenoxy) is 1. The summed E-state index contributed by atoms with van der Waals surface area (Å²) in [5, 5.41) is 3.30. The summed E-state index contributed by atoms with van der Waals surface area (Å²) in [6, 6.07) is 10.9. The van der Waals surface area contributed by atoms with Gasteiger partial charge in [-0.25, -0.2) is 29.7 Å². The van der Waals surface area contributed by atoms with E-state index in [1.165, 1.54) is 24.3 Å².